The van der Waals surface area contributed by atoms with Crippen LogP contribution in [0.3, 0.4) is 0 Å². The van der Waals surface area contributed by atoms with E-state index in [1.165, 1.54) is 6.33 Å². The molecule has 0 saturated heterocycles. The summed E-state index contributed by atoms with van der Waals surface area (Å²) in [6, 6.07) is 3.92. The Morgan fingerprint density at radius 2 is 2.22 bits per heavy atom. The van der Waals surface area contributed by atoms with Crippen LogP contribution in [0.5, 0.6) is 0 Å². The molecule has 0 radical (unpaired) electrons. The fourth-order valence-electron chi connectivity index (χ4n) is 3.57. The van der Waals surface area contributed by atoms with E-state index in [1.54, 1.807) is 20.9 Å². The van der Waals surface area contributed by atoms with Gasteiger partial charge in [-0.05, 0) is 30.7 Å². The summed E-state index contributed by atoms with van der Waals surface area (Å²) in [5, 5.41) is 19.5. The third-order valence-electron chi connectivity index (χ3n) is 5.37. The Bertz CT molecular complexity index is 815. The zero-order valence-electron chi connectivity index (χ0n) is 15.0. The Kier molecular flexibility index (Phi) is 4.96. The van der Waals surface area contributed by atoms with Crippen LogP contribution < -0.4 is 5.32 Å². The van der Waals surface area contributed by atoms with E-state index in [4.69, 9.17) is 0 Å². The predicted octanol–water partition coefficient (Wildman–Crippen LogP) is 0.919. The highest BCUT2D eigenvalue weighted by atomic mass is 32.1. The molecule has 1 saturated carbocycles. The molecule has 1 fully saturated rings. The molecule has 1 unspecified atom stereocenters. The Labute approximate surface area is 161 Å². The zero-order chi connectivity index (χ0) is 18.9. The van der Waals surface area contributed by atoms with Gasteiger partial charge in [0.25, 0.3) is 0 Å². The molecule has 1 atom stereocenters. The molecule has 4 rings (SSSR count). The predicted molar refractivity (Wildman–Crippen MR) is 98.5 cm³/mol. The van der Waals surface area contributed by atoms with Gasteiger partial charge >= 0.3 is 0 Å². The highest BCUT2D eigenvalue weighted by Gasteiger charge is 2.39. The quantitative estimate of drug-likeness (QED) is 0.792. The van der Waals surface area contributed by atoms with E-state index < -0.39 is 11.5 Å². The van der Waals surface area contributed by atoms with Crippen LogP contribution in [0.1, 0.15) is 36.4 Å². The summed E-state index contributed by atoms with van der Waals surface area (Å²) in [6.45, 7) is 1.48. The maximum atomic E-state index is 12.8. The second kappa shape index (κ2) is 7.40. The number of nitrogens with one attached hydrogen (secondary N) is 1. The molecule has 0 aromatic carbocycles. The molecular weight excluding hydrogens is 366 g/mol. The second-order valence-electron chi connectivity index (χ2n) is 7.38. The first-order chi connectivity index (χ1) is 13.0. The molecule has 3 heterocycles. The summed E-state index contributed by atoms with van der Waals surface area (Å²) in [6.07, 6.45) is 3.82. The molecule has 27 heavy (non-hydrogen) atoms. The number of aliphatic hydroxyl groups is 1. The van der Waals surface area contributed by atoms with Gasteiger partial charge in [-0.15, -0.1) is 11.3 Å². The van der Waals surface area contributed by atoms with Crippen molar-refractivity contribution < 1.29 is 14.7 Å². The third-order valence-corrected chi connectivity index (χ3v) is 6.24. The van der Waals surface area contributed by atoms with Gasteiger partial charge in [0.05, 0.1) is 37.6 Å². The minimum absolute atomic E-state index is 0.102. The summed E-state index contributed by atoms with van der Waals surface area (Å²) in [5.41, 5.74) is -0.881. The van der Waals surface area contributed by atoms with Crippen molar-refractivity contribution in [3.8, 4) is 0 Å². The molecule has 1 aliphatic carbocycles. The van der Waals surface area contributed by atoms with Crippen LogP contribution in [-0.4, -0.2) is 48.7 Å². The molecule has 2 N–H and O–H groups in total. The molecule has 144 valence electrons. The van der Waals surface area contributed by atoms with Crippen LogP contribution in [0.15, 0.2) is 23.8 Å². The first-order valence-electron chi connectivity index (χ1n) is 9.19. The molecule has 8 nitrogen and oxygen atoms in total. The highest BCUT2D eigenvalue weighted by molar-refractivity contribution is 7.09. The lowest BCUT2D eigenvalue weighted by atomic mass is 9.77. The van der Waals surface area contributed by atoms with Crippen LogP contribution >= 0.6 is 11.3 Å². The van der Waals surface area contributed by atoms with Crippen LogP contribution in [0.2, 0.25) is 0 Å². The van der Waals surface area contributed by atoms with Crippen molar-refractivity contribution in [1.82, 2.24) is 25.0 Å². The fraction of sp³-hybridized carbons (Fsp3) is 0.556. The number of hydrogen-bond donors (Lipinski definition) is 2. The zero-order valence-corrected chi connectivity index (χ0v) is 15.8. The Morgan fingerprint density at radius 1 is 1.37 bits per heavy atom. The van der Waals surface area contributed by atoms with E-state index in [2.05, 4.69) is 15.4 Å². The fourth-order valence-corrected chi connectivity index (χ4v) is 4.22. The van der Waals surface area contributed by atoms with E-state index >= 15 is 0 Å². The van der Waals surface area contributed by atoms with Crippen molar-refractivity contribution in [3.63, 3.8) is 0 Å². The minimum Gasteiger partial charge on any atom is -0.389 e. The molecule has 2 amide bonds. The summed E-state index contributed by atoms with van der Waals surface area (Å²) >= 11 is 1.59. The first-order valence-corrected chi connectivity index (χ1v) is 10.1. The Balaban J connectivity index is 1.46. The molecule has 2 aromatic rings. The first kappa shape index (κ1) is 18.1. The van der Waals surface area contributed by atoms with Gasteiger partial charge in [0, 0.05) is 11.4 Å². The summed E-state index contributed by atoms with van der Waals surface area (Å²) in [7, 11) is 0. The maximum absolute atomic E-state index is 12.8. The summed E-state index contributed by atoms with van der Waals surface area (Å²) in [5.74, 6) is 0.0158. The maximum Gasteiger partial charge on any atom is 0.227 e. The van der Waals surface area contributed by atoms with E-state index in [9.17, 15) is 14.7 Å². The van der Waals surface area contributed by atoms with Crippen LogP contribution in [0, 0.1) is 5.92 Å². The SMILES string of the molecule is O=C(NCc1cccs1)C1CN(C(=O)CC2(O)CCC2)Cc2ncnn2C1. The number of nitrogens with zero attached hydrogens (tertiary/aromatic N) is 4. The number of aromatic nitrogens is 3. The van der Waals surface area contributed by atoms with E-state index in [0.29, 0.717) is 44.8 Å². The number of hydrogen-bond acceptors (Lipinski definition) is 6. The van der Waals surface area contributed by atoms with Gasteiger partial charge in [0.15, 0.2) is 0 Å². The number of carbonyl (C=O) groups excluding carboxylic acids is 2. The van der Waals surface area contributed by atoms with E-state index in [-0.39, 0.29) is 18.2 Å². The normalized spacial score (nSPS) is 21.1. The molecule has 2 aliphatic rings. The van der Waals surface area contributed by atoms with Crippen molar-refractivity contribution >= 4 is 23.2 Å². The summed E-state index contributed by atoms with van der Waals surface area (Å²) < 4.78 is 1.70. The second-order valence-corrected chi connectivity index (χ2v) is 8.41. The lowest BCUT2D eigenvalue weighted by Gasteiger charge is -2.37. The number of rotatable bonds is 5. The molecule has 1 aliphatic heterocycles. The van der Waals surface area contributed by atoms with Crippen LogP contribution in [0.25, 0.3) is 0 Å². The van der Waals surface area contributed by atoms with Gasteiger partial charge in [-0.25, -0.2) is 9.67 Å². The number of fused-ring (bicyclic) bond motifs is 1. The van der Waals surface area contributed by atoms with Crippen molar-refractivity contribution in [2.24, 2.45) is 5.92 Å². The topological polar surface area (TPSA) is 100 Å². The monoisotopic (exact) mass is 389 g/mol. The van der Waals surface area contributed by atoms with Gasteiger partial charge in [-0.3, -0.25) is 9.59 Å². The molecule has 2 aromatic heterocycles. The van der Waals surface area contributed by atoms with E-state index in [1.807, 2.05) is 17.5 Å². The Hall–Kier alpha value is -2.26. The van der Waals surface area contributed by atoms with Crippen molar-refractivity contribution in [2.45, 2.75) is 50.9 Å². The van der Waals surface area contributed by atoms with Crippen molar-refractivity contribution in [2.75, 3.05) is 6.54 Å². The average Bonchev–Trinajstić information content (AvgIpc) is 3.26. The number of carbonyl (C=O) groups is 2. The highest BCUT2D eigenvalue weighted by Crippen LogP contribution is 2.35. The molecular formula is C18H23N5O3S. The van der Waals surface area contributed by atoms with Gasteiger partial charge in [0.2, 0.25) is 11.8 Å². The van der Waals surface area contributed by atoms with Crippen molar-refractivity contribution in [1.29, 1.82) is 0 Å². The smallest absolute Gasteiger partial charge is 0.227 e. The summed E-state index contributed by atoms with van der Waals surface area (Å²) in [4.78, 5) is 32.5. The molecule has 0 spiro atoms. The van der Waals surface area contributed by atoms with E-state index in [0.717, 1.165) is 11.3 Å². The van der Waals surface area contributed by atoms with Gasteiger partial charge < -0.3 is 15.3 Å². The minimum atomic E-state index is -0.881. The van der Waals surface area contributed by atoms with Crippen molar-refractivity contribution in [3.05, 3.63) is 34.5 Å². The Morgan fingerprint density at radius 3 is 2.93 bits per heavy atom. The van der Waals surface area contributed by atoms with Gasteiger partial charge in [0.1, 0.15) is 12.2 Å². The molecule has 9 heteroatoms. The largest absolute Gasteiger partial charge is 0.389 e. The molecule has 0 bridgehead atoms. The van der Waals surface area contributed by atoms with Crippen LogP contribution in [-0.2, 0) is 29.2 Å². The standard InChI is InChI=1S/C18H23N5O3S/c24-16(7-18(26)4-2-5-18)22-9-13(10-23-15(11-22)20-12-21-23)17(25)19-8-14-3-1-6-27-14/h1,3,6,12-13,26H,2,4-5,7-11H2,(H,19,25). The van der Waals surface area contributed by atoms with Gasteiger partial charge in [-0.1, -0.05) is 6.07 Å². The lowest BCUT2D eigenvalue weighted by molar-refractivity contribution is -0.142. The van der Waals surface area contributed by atoms with Gasteiger partial charge in [-0.2, -0.15) is 5.10 Å². The van der Waals surface area contributed by atoms with Crippen LogP contribution in [0.4, 0.5) is 0 Å². The number of thiophene rings is 1. The number of amides is 2. The third kappa shape index (κ3) is 4.03. The lowest BCUT2D eigenvalue weighted by Crippen LogP contribution is -2.46. The average molecular weight is 389 g/mol.